The second kappa shape index (κ2) is 9.40. The first-order chi connectivity index (χ1) is 14.3. The van der Waals surface area contributed by atoms with Gasteiger partial charge in [0.1, 0.15) is 5.00 Å². The maximum absolute atomic E-state index is 12.5. The molecule has 30 heavy (non-hydrogen) atoms. The highest BCUT2D eigenvalue weighted by molar-refractivity contribution is 7.80. The van der Waals surface area contributed by atoms with Crippen molar-refractivity contribution in [3.63, 3.8) is 0 Å². The third kappa shape index (κ3) is 4.71. The van der Waals surface area contributed by atoms with Crippen LogP contribution in [0, 0.1) is 13.8 Å². The van der Waals surface area contributed by atoms with Gasteiger partial charge in [-0.2, -0.15) is 5.10 Å². The van der Waals surface area contributed by atoms with E-state index in [1.54, 1.807) is 6.92 Å². The Kier molecular flexibility index (Phi) is 6.89. The number of aryl methyl sites for hydroxylation is 2. The summed E-state index contributed by atoms with van der Waals surface area (Å²) < 4.78 is 7.12. The number of anilines is 1. The number of hydrogen-bond donors (Lipinski definition) is 1. The Hall–Kier alpha value is -2.71. The van der Waals surface area contributed by atoms with Gasteiger partial charge in [-0.3, -0.25) is 4.68 Å². The van der Waals surface area contributed by atoms with Crippen LogP contribution in [-0.4, -0.2) is 39.4 Å². The molecule has 0 amide bonds. The van der Waals surface area contributed by atoms with Crippen LogP contribution in [0.25, 0.3) is 10.4 Å². The van der Waals surface area contributed by atoms with E-state index in [0.29, 0.717) is 28.8 Å². The van der Waals surface area contributed by atoms with Gasteiger partial charge in [-0.25, -0.2) is 4.79 Å². The van der Waals surface area contributed by atoms with Crippen LogP contribution in [0.1, 0.15) is 34.2 Å². The fourth-order valence-electron chi connectivity index (χ4n) is 3.14. The molecular formula is C22H26N4O2S2. The maximum Gasteiger partial charge on any atom is 0.341 e. The van der Waals surface area contributed by atoms with Crippen molar-refractivity contribution in [3.05, 3.63) is 58.9 Å². The van der Waals surface area contributed by atoms with Gasteiger partial charge in [0.05, 0.1) is 17.9 Å². The minimum absolute atomic E-state index is 0.318. The van der Waals surface area contributed by atoms with E-state index in [1.165, 1.54) is 11.3 Å². The zero-order valence-electron chi connectivity index (χ0n) is 17.9. The van der Waals surface area contributed by atoms with Crippen LogP contribution in [-0.2, 0) is 18.3 Å². The van der Waals surface area contributed by atoms with Crippen molar-refractivity contribution in [2.75, 3.05) is 19.0 Å². The molecule has 1 N–H and O–H groups in total. The second-order valence-corrected chi connectivity index (χ2v) is 8.44. The Labute approximate surface area is 186 Å². The monoisotopic (exact) mass is 442 g/mol. The largest absolute Gasteiger partial charge is 0.462 e. The fourth-order valence-corrected chi connectivity index (χ4v) is 4.42. The molecule has 1 aromatic carbocycles. The lowest BCUT2D eigenvalue weighted by Gasteiger charge is -2.21. The molecule has 8 heteroatoms. The molecule has 0 aliphatic rings. The smallest absolute Gasteiger partial charge is 0.341 e. The summed E-state index contributed by atoms with van der Waals surface area (Å²) in [6, 6.07) is 11.8. The number of thiophene rings is 1. The third-order valence-electron chi connectivity index (χ3n) is 4.91. The number of benzene rings is 1. The first kappa shape index (κ1) is 22.0. The summed E-state index contributed by atoms with van der Waals surface area (Å²) in [4.78, 5) is 15.4. The number of nitrogens with one attached hydrogen (secondary N) is 1. The molecule has 0 spiro atoms. The van der Waals surface area contributed by atoms with Crippen molar-refractivity contribution in [2.24, 2.45) is 7.05 Å². The summed E-state index contributed by atoms with van der Waals surface area (Å²) in [5.74, 6) is -0.358. The first-order valence-electron chi connectivity index (χ1n) is 9.69. The van der Waals surface area contributed by atoms with E-state index in [1.807, 2.05) is 73.9 Å². The molecule has 0 radical (unpaired) electrons. The van der Waals surface area contributed by atoms with E-state index in [4.69, 9.17) is 17.0 Å². The van der Waals surface area contributed by atoms with Gasteiger partial charge in [-0.1, -0.05) is 30.3 Å². The Morgan fingerprint density at radius 1 is 1.30 bits per heavy atom. The number of rotatable bonds is 6. The number of carbonyl (C=O) groups excluding carboxylic acids is 1. The van der Waals surface area contributed by atoms with Gasteiger partial charge in [0, 0.05) is 36.8 Å². The summed E-state index contributed by atoms with van der Waals surface area (Å²) >= 11 is 7.12. The molecule has 0 aliphatic carbocycles. The SMILES string of the molecule is CCOC(=O)c1cc(-c2ccccc2)sc1NC(=S)N(C)Cc1c(C)nn(C)c1C. The molecule has 3 rings (SSSR count). The van der Waals surface area contributed by atoms with Crippen LogP contribution in [0.5, 0.6) is 0 Å². The molecule has 158 valence electrons. The van der Waals surface area contributed by atoms with Gasteiger partial charge < -0.3 is 15.0 Å². The molecule has 0 unspecified atom stereocenters. The predicted molar refractivity (Wildman–Crippen MR) is 126 cm³/mol. The van der Waals surface area contributed by atoms with Crippen LogP contribution in [0.15, 0.2) is 36.4 Å². The van der Waals surface area contributed by atoms with Crippen molar-refractivity contribution in [1.29, 1.82) is 0 Å². The normalized spacial score (nSPS) is 10.7. The Morgan fingerprint density at radius 2 is 2.00 bits per heavy atom. The van der Waals surface area contributed by atoms with Crippen LogP contribution in [0.2, 0.25) is 0 Å². The van der Waals surface area contributed by atoms with Gasteiger partial charge in [0.2, 0.25) is 0 Å². The summed E-state index contributed by atoms with van der Waals surface area (Å²) in [5, 5.41) is 8.94. The highest BCUT2D eigenvalue weighted by Gasteiger charge is 2.20. The molecule has 0 fully saturated rings. The van der Waals surface area contributed by atoms with Crippen molar-refractivity contribution in [3.8, 4) is 10.4 Å². The standard InChI is InChI=1S/C22H26N4O2S2/c1-6-28-21(27)17-12-19(16-10-8-7-9-11-16)30-20(17)23-22(29)25(4)13-18-14(2)24-26(5)15(18)3/h7-12H,6,13H2,1-5H3,(H,23,29). The van der Waals surface area contributed by atoms with Crippen molar-refractivity contribution >= 4 is 39.6 Å². The van der Waals surface area contributed by atoms with Gasteiger partial charge in [0.25, 0.3) is 0 Å². The van der Waals surface area contributed by atoms with E-state index >= 15 is 0 Å². The molecular weight excluding hydrogens is 416 g/mol. The average Bonchev–Trinajstić information content (AvgIpc) is 3.25. The molecule has 0 saturated carbocycles. The second-order valence-electron chi connectivity index (χ2n) is 7.00. The minimum Gasteiger partial charge on any atom is -0.462 e. The number of carbonyl (C=O) groups is 1. The summed E-state index contributed by atoms with van der Waals surface area (Å²) in [7, 11) is 3.86. The zero-order valence-corrected chi connectivity index (χ0v) is 19.5. The van der Waals surface area contributed by atoms with Crippen LogP contribution < -0.4 is 5.32 Å². The fraction of sp³-hybridized carbons (Fsp3) is 0.318. The molecule has 0 bridgehead atoms. The lowest BCUT2D eigenvalue weighted by atomic mass is 10.1. The van der Waals surface area contributed by atoms with Crippen LogP contribution >= 0.6 is 23.6 Å². The molecule has 0 aliphatic heterocycles. The van der Waals surface area contributed by atoms with Gasteiger partial charge in [0.15, 0.2) is 5.11 Å². The molecule has 6 nitrogen and oxygen atoms in total. The lowest BCUT2D eigenvalue weighted by molar-refractivity contribution is 0.0528. The molecule has 0 saturated heterocycles. The van der Waals surface area contributed by atoms with Crippen molar-refractivity contribution < 1.29 is 9.53 Å². The van der Waals surface area contributed by atoms with E-state index in [-0.39, 0.29) is 5.97 Å². The third-order valence-corrected chi connectivity index (χ3v) is 6.42. The average molecular weight is 443 g/mol. The van der Waals surface area contributed by atoms with E-state index in [0.717, 1.165) is 27.4 Å². The number of hydrogen-bond acceptors (Lipinski definition) is 5. The molecule has 2 aromatic heterocycles. The lowest BCUT2D eigenvalue weighted by Crippen LogP contribution is -2.31. The highest BCUT2D eigenvalue weighted by atomic mass is 32.1. The predicted octanol–water partition coefficient (Wildman–Crippen LogP) is 4.77. The van der Waals surface area contributed by atoms with Crippen molar-refractivity contribution in [2.45, 2.75) is 27.3 Å². The quantitative estimate of drug-likeness (QED) is 0.438. The summed E-state index contributed by atoms with van der Waals surface area (Å²) in [6.45, 7) is 6.79. The number of ether oxygens (including phenoxy) is 1. The van der Waals surface area contributed by atoms with E-state index in [2.05, 4.69) is 10.4 Å². The number of esters is 1. The van der Waals surface area contributed by atoms with E-state index in [9.17, 15) is 4.79 Å². The molecule has 0 atom stereocenters. The molecule has 2 heterocycles. The van der Waals surface area contributed by atoms with Crippen LogP contribution in [0.4, 0.5) is 5.00 Å². The minimum atomic E-state index is -0.358. The summed E-state index contributed by atoms with van der Waals surface area (Å²) in [6.07, 6.45) is 0. The Balaban J connectivity index is 1.84. The Morgan fingerprint density at radius 3 is 2.60 bits per heavy atom. The van der Waals surface area contributed by atoms with Gasteiger partial charge >= 0.3 is 5.97 Å². The maximum atomic E-state index is 12.5. The number of thiocarbonyl (C=S) groups is 1. The zero-order chi connectivity index (χ0) is 21.8. The number of aromatic nitrogens is 2. The van der Waals surface area contributed by atoms with Gasteiger partial charge in [-0.05, 0) is 44.6 Å². The number of nitrogens with zero attached hydrogens (tertiary/aromatic N) is 3. The highest BCUT2D eigenvalue weighted by Crippen LogP contribution is 2.36. The van der Waals surface area contributed by atoms with Crippen molar-refractivity contribution in [1.82, 2.24) is 14.7 Å². The van der Waals surface area contributed by atoms with Gasteiger partial charge in [-0.15, -0.1) is 11.3 Å². The first-order valence-corrected chi connectivity index (χ1v) is 10.9. The summed E-state index contributed by atoms with van der Waals surface area (Å²) in [5.41, 5.74) is 4.77. The topological polar surface area (TPSA) is 59.4 Å². The van der Waals surface area contributed by atoms with E-state index < -0.39 is 0 Å². The molecule has 3 aromatic rings. The Bertz CT molecular complexity index is 1060. The van der Waals surface area contributed by atoms with Crippen LogP contribution in [0.3, 0.4) is 0 Å².